The fourth-order valence-corrected chi connectivity index (χ4v) is 3.34. The maximum absolute atomic E-state index is 13.6. The Kier molecular flexibility index (Phi) is 6.93. The van der Waals surface area contributed by atoms with Crippen LogP contribution in [0, 0.1) is 45.3 Å². The highest BCUT2D eigenvalue weighted by molar-refractivity contribution is 5.95. The van der Waals surface area contributed by atoms with Gasteiger partial charge in [-0.2, -0.15) is 0 Å². The SMILES string of the molecule is C[C@H](OC(=O)C[C@@H]1C(=O)C[C@H](C)[C@H]1C[N+](=O)[O-])C(=O)Nc1ccc(F)c(F)c1F. The normalized spacial score (nSPS) is 22.2. The summed E-state index contributed by atoms with van der Waals surface area (Å²) in [6.07, 6.45) is -1.75. The van der Waals surface area contributed by atoms with E-state index in [9.17, 15) is 37.7 Å². The lowest BCUT2D eigenvalue weighted by atomic mass is 9.88. The summed E-state index contributed by atoms with van der Waals surface area (Å²) in [7, 11) is 0. The number of esters is 1. The Morgan fingerprint density at radius 3 is 2.59 bits per heavy atom. The summed E-state index contributed by atoms with van der Waals surface area (Å²) >= 11 is 0. The molecule has 8 nitrogen and oxygen atoms in total. The number of amides is 1. The Balaban J connectivity index is 1.97. The largest absolute Gasteiger partial charge is 0.453 e. The van der Waals surface area contributed by atoms with Crippen LogP contribution in [0.25, 0.3) is 0 Å². The highest BCUT2D eigenvalue weighted by Gasteiger charge is 2.44. The van der Waals surface area contributed by atoms with E-state index in [1.54, 1.807) is 6.92 Å². The number of rotatable bonds is 7. The molecule has 0 aliphatic heterocycles. The molecule has 11 heteroatoms. The molecular formula is C18H19F3N2O6. The van der Waals surface area contributed by atoms with Gasteiger partial charge in [0, 0.05) is 23.2 Å². The van der Waals surface area contributed by atoms with Crippen LogP contribution in [0.3, 0.4) is 0 Å². The Morgan fingerprint density at radius 1 is 1.31 bits per heavy atom. The van der Waals surface area contributed by atoms with Crippen molar-refractivity contribution in [3.8, 4) is 0 Å². The summed E-state index contributed by atoms with van der Waals surface area (Å²) in [6.45, 7) is 2.39. The fraction of sp³-hybridized carbons (Fsp3) is 0.500. The lowest BCUT2D eigenvalue weighted by molar-refractivity contribution is -0.490. The first-order valence-electron chi connectivity index (χ1n) is 8.79. The molecule has 1 aliphatic rings. The Labute approximate surface area is 163 Å². The Bertz CT molecular complexity index is 847. The van der Waals surface area contributed by atoms with Crippen LogP contribution in [-0.2, 0) is 19.1 Å². The summed E-state index contributed by atoms with van der Waals surface area (Å²) in [5.74, 6) is -8.80. The molecular weight excluding hydrogens is 397 g/mol. The van der Waals surface area contributed by atoms with E-state index in [1.807, 2.05) is 5.32 Å². The third-order valence-electron chi connectivity index (χ3n) is 4.90. The number of nitrogens with one attached hydrogen (secondary N) is 1. The van der Waals surface area contributed by atoms with Gasteiger partial charge in [-0.3, -0.25) is 24.5 Å². The molecule has 1 aromatic rings. The molecule has 158 valence electrons. The first-order chi connectivity index (χ1) is 13.5. The number of benzene rings is 1. The van der Waals surface area contributed by atoms with Crippen molar-refractivity contribution in [2.45, 2.75) is 32.8 Å². The first-order valence-corrected chi connectivity index (χ1v) is 8.79. The number of Topliss-reactive ketones (excluding diaryl/α,β-unsaturated/α-hetero) is 1. The fourth-order valence-electron chi connectivity index (χ4n) is 3.34. The van der Waals surface area contributed by atoms with Gasteiger partial charge in [0.2, 0.25) is 6.54 Å². The van der Waals surface area contributed by atoms with Gasteiger partial charge >= 0.3 is 5.97 Å². The summed E-state index contributed by atoms with van der Waals surface area (Å²) in [4.78, 5) is 46.4. The van der Waals surface area contributed by atoms with E-state index in [2.05, 4.69) is 0 Å². The molecule has 0 bridgehead atoms. The zero-order valence-electron chi connectivity index (χ0n) is 15.6. The number of hydrogen-bond acceptors (Lipinski definition) is 6. The summed E-state index contributed by atoms with van der Waals surface area (Å²) in [5, 5.41) is 12.8. The van der Waals surface area contributed by atoms with Crippen LogP contribution in [0.1, 0.15) is 26.7 Å². The van der Waals surface area contributed by atoms with E-state index in [0.717, 1.165) is 6.07 Å². The second kappa shape index (κ2) is 9.01. The van der Waals surface area contributed by atoms with Crippen molar-refractivity contribution >= 4 is 23.3 Å². The van der Waals surface area contributed by atoms with Crippen LogP contribution in [0.15, 0.2) is 12.1 Å². The molecule has 29 heavy (non-hydrogen) atoms. The molecule has 1 aliphatic carbocycles. The van der Waals surface area contributed by atoms with Crippen LogP contribution in [0.5, 0.6) is 0 Å². The predicted molar refractivity (Wildman–Crippen MR) is 92.7 cm³/mol. The van der Waals surface area contributed by atoms with Crippen molar-refractivity contribution in [1.29, 1.82) is 0 Å². The molecule has 2 rings (SSSR count). The smallest absolute Gasteiger partial charge is 0.307 e. The van der Waals surface area contributed by atoms with Gasteiger partial charge in [-0.25, -0.2) is 13.2 Å². The van der Waals surface area contributed by atoms with E-state index >= 15 is 0 Å². The van der Waals surface area contributed by atoms with Gasteiger partial charge in [-0.1, -0.05) is 6.92 Å². The number of ether oxygens (including phenoxy) is 1. The number of carbonyl (C=O) groups excluding carboxylic acids is 3. The number of hydrogen-bond donors (Lipinski definition) is 1. The number of anilines is 1. The molecule has 1 aromatic carbocycles. The average molecular weight is 416 g/mol. The van der Waals surface area contributed by atoms with Gasteiger partial charge in [-0.05, 0) is 25.0 Å². The van der Waals surface area contributed by atoms with E-state index < -0.39 is 70.8 Å². The van der Waals surface area contributed by atoms with Crippen LogP contribution in [-0.4, -0.2) is 35.2 Å². The minimum Gasteiger partial charge on any atom is -0.453 e. The quantitative estimate of drug-likeness (QED) is 0.316. The van der Waals surface area contributed by atoms with Crippen LogP contribution < -0.4 is 5.32 Å². The Morgan fingerprint density at radius 2 is 1.97 bits per heavy atom. The van der Waals surface area contributed by atoms with Crippen LogP contribution >= 0.6 is 0 Å². The molecule has 0 radical (unpaired) electrons. The van der Waals surface area contributed by atoms with Gasteiger partial charge in [-0.15, -0.1) is 0 Å². The minimum absolute atomic E-state index is 0.113. The standard InChI is InChI=1S/C18H19F3N2O6/c1-8-5-14(24)10(11(8)7-23(27)28)6-15(25)29-9(2)18(26)22-13-4-3-12(19)16(20)17(13)21/h3-4,8-11H,5-7H2,1-2H3,(H,22,26)/t8-,9-,10-,11+/m0/s1. The average Bonchev–Trinajstić information content (AvgIpc) is 2.88. The number of halogens is 3. The number of carbonyl (C=O) groups is 3. The van der Waals surface area contributed by atoms with Gasteiger partial charge in [0.15, 0.2) is 23.6 Å². The van der Waals surface area contributed by atoms with Crippen molar-refractivity contribution in [2.75, 3.05) is 11.9 Å². The van der Waals surface area contributed by atoms with Gasteiger partial charge < -0.3 is 10.1 Å². The monoisotopic (exact) mass is 416 g/mol. The molecule has 4 atom stereocenters. The van der Waals surface area contributed by atoms with Crippen molar-refractivity contribution in [2.24, 2.45) is 17.8 Å². The molecule has 0 aromatic heterocycles. The maximum Gasteiger partial charge on any atom is 0.307 e. The molecule has 0 heterocycles. The van der Waals surface area contributed by atoms with E-state index in [1.165, 1.54) is 6.92 Å². The maximum atomic E-state index is 13.6. The summed E-state index contributed by atoms with van der Waals surface area (Å²) < 4.78 is 44.7. The van der Waals surface area contributed by atoms with Crippen molar-refractivity contribution in [3.63, 3.8) is 0 Å². The lowest BCUT2D eigenvalue weighted by Gasteiger charge is -2.19. The van der Waals surface area contributed by atoms with Gasteiger partial charge in [0.05, 0.1) is 12.1 Å². The molecule has 1 fully saturated rings. The molecule has 1 amide bonds. The molecule has 1 saturated carbocycles. The van der Waals surface area contributed by atoms with Crippen molar-refractivity contribution in [1.82, 2.24) is 0 Å². The van der Waals surface area contributed by atoms with E-state index in [0.29, 0.717) is 6.07 Å². The topological polar surface area (TPSA) is 116 Å². The zero-order valence-corrected chi connectivity index (χ0v) is 15.6. The zero-order chi connectivity index (χ0) is 21.9. The van der Waals surface area contributed by atoms with Crippen LogP contribution in [0.4, 0.5) is 18.9 Å². The van der Waals surface area contributed by atoms with Crippen LogP contribution in [0.2, 0.25) is 0 Å². The third kappa shape index (κ3) is 5.30. The number of nitrogens with zero attached hydrogens (tertiary/aromatic N) is 1. The van der Waals surface area contributed by atoms with E-state index in [4.69, 9.17) is 4.74 Å². The molecule has 0 spiro atoms. The first kappa shape index (κ1) is 22.3. The minimum atomic E-state index is -1.77. The van der Waals surface area contributed by atoms with Gasteiger partial charge in [0.1, 0.15) is 5.78 Å². The number of ketones is 1. The molecule has 0 unspecified atom stereocenters. The highest BCUT2D eigenvalue weighted by atomic mass is 19.2. The molecule has 1 N–H and O–H groups in total. The summed E-state index contributed by atoms with van der Waals surface area (Å²) in [5.41, 5.74) is -0.636. The third-order valence-corrected chi connectivity index (χ3v) is 4.90. The second-order valence-electron chi connectivity index (χ2n) is 6.98. The van der Waals surface area contributed by atoms with Crippen molar-refractivity contribution in [3.05, 3.63) is 39.7 Å². The predicted octanol–water partition coefficient (Wildman–Crippen LogP) is 2.48. The second-order valence-corrected chi connectivity index (χ2v) is 6.98. The Hall–Kier alpha value is -2.98. The lowest BCUT2D eigenvalue weighted by Crippen LogP contribution is -2.33. The molecule has 0 saturated heterocycles. The highest BCUT2D eigenvalue weighted by Crippen LogP contribution is 2.36. The van der Waals surface area contributed by atoms with Crippen molar-refractivity contribution < 1.29 is 37.2 Å². The van der Waals surface area contributed by atoms with Gasteiger partial charge in [0.25, 0.3) is 5.91 Å². The number of nitro groups is 1. The van der Waals surface area contributed by atoms with E-state index in [-0.39, 0.29) is 18.1 Å². The summed E-state index contributed by atoms with van der Waals surface area (Å²) in [6, 6.07) is 1.42.